The molecule has 0 spiro atoms. The topological polar surface area (TPSA) is 50.9 Å². The van der Waals surface area contributed by atoms with Crippen molar-refractivity contribution in [1.82, 2.24) is 4.98 Å². The highest BCUT2D eigenvalue weighted by molar-refractivity contribution is 5.33. The lowest BCUT2D eigenvalue weighted by Crippen LogP contribution is -2.31. The predicted octanol–water partition coefficient (Wildman–Crippen LogP) is 1.23. The Morgan fingerprint density at radius 3 is 3.00 bits per heavy atom. The minimum Gasteiger partial charge on any atom is -0.369 e. The third-order valence-corrected chi connectivity index (χ3v) is 2.41. The van der Waals surface area contributed by atoms with E-state index in [2.05, 4.69) is 10.3 Å². The molecule has 1 atom stereocenters. The second-order valence-electron chi connectivity index (χ2n) is 3.60. The highest BCUT2D eigenvalue weighted by Gasteiger charge is 2.27. The van der Waals surface area contributed by atoms with E-state index >= 15 is 0 Å². The van der Waals surface area contributed by atoms with E-state index in [9.17, 15) is 0 Å². The van der Waals surface area contributed by atoms with Crippen molar-refractivity contribution in [3.05, 3.63) is 24.4 Å². The molecule has 13 heavy (non-hydrogen) atoms. The first kappa shape index (κ1) is 8.51. The van der Waals surface area contributed by atoms with Crippen LogP contribution in [0.2, 0.25) is 0 Å². The number of nitrogens with zero attached hydrogens (tertiary/aromatic N) is 1. The standard InChI is InChI=1S/C10H15N3/c11-9(8-4-5-8)7-13-10-3-1-2-6-12-10/h1-3,6,8-9H,4-5,7,11H2,(H,12,13). The Labute approximate surface area is 78.4 Å². The number of pyridine rings is 1. The van der Waals surface area contributed by atoms with E-state index in [1.165, 1.54) is 12.8 Å². The van der Waals surface area contributed by atoms with Crippen molar-refractivity contribution in [2.45, 2.75) is 18.9 Å². The van der Waals surface area contributed by atoms with Crippen molar-refractivity contribution < 1.29 is 0 Å². The first-order chi connectivity index (χ1) is 6.36. The van der Waals surface area contributed by atoms with Gasteiger partial charge in [-0.2, -0.15) is 0 Å². The van der Waals surface area contributed by atoms with Crippen molar-refractivity contribution in [1.29, 1.82) is 0 Å². The van der Waals surface area contributed by atoms with Crippen LogP contribution in [0.1, 0.15) is 12.8 Å². The summed E-state index contributed by atoms with van der Waals surface area (Å²) in [4.78, 5) is 4.16. The molecule has 3 nitrogen and oxygen atoms in total. The number of aromatic nitrogens is 1. The average molecular weight is 177 g/mol. The molecule has 1 saturated carbocycles. The molecule has 1 heterocycles. The molecule has 70 valence electrons. The van der Waals surface area contributed by atoms with Gasteiger partial charge in [0.05, 0.1) is 0 Å². The molecular formula is C10H15N3. The summed E-state index contributed by atoms with van der Waals surface area (Å²) in [5, 5.41) is 3.23. The molecule has 3 N–H and O–H groups in total. The molecule has 1 aromatic heterocycles. The molecule has 0 bridgehead atoms. The molecule has 1 aliphatic carbocycles. The maximum absolute atomic E-state index is 5.94. The molecule has 0 saturated heterocycles. The van der Waals surface area contributed by atoms with Crippen molar-refractivity contribution in [2.75, 3.05) is 11.9 Å². The molecule has 1 unspecified atom stereocenters. The maximum atomic E-state index is 5.94. The number of anilines is 1. The number of hydrogen-bond donors (Lipinski definition) is 2. The fraction of sp³-hybridized carbons (Fsp3) is 0.500. The molecule has 0 aliphatic heterocycles. The van der Waals surface area contributed by atoms with E-state index in [4.69, 9.17) is 5.73 Å². The van der Waals surface area contributed by atoms with Crippen LogP contribution in [0.25, 0.3) is 0 Å². The van der Waals surface area contributed by atoms with E-state index in [1.54, 1.807) is 6.20 Å². The van der Waals surface area contributed by atoms with E-state index in [0.29, 0.717) is 6.04 Å². The van der Waals surface area contributed by atoms with Crippen LogP contribution in [-0.4, -0.2) is 17.6 Å². The van der Waals surface area contributed by atoms with E-state index < -0.39 is 0 Å². The Hall–Kier alpha value is -1.09. The van der Waals surface area contributed by atoms with Crippen molar-refractivity contribution in [3.8, 4) is 0 Å². The quantitative estimate of drug-likeness (QED) is 0.727. The van der Waals surface area contributed by atoms with E-state index in [1.807, 2.05) is 18.2 Å². The minimum absolute atomic E-state index is 0.294. The summed E-state index contributed by atoms with van der Waals surface area (Å²) in [5.41, 5.74) is 5.94. The summed E-state index contributed by atoms with van der Waals surface area (Å²) >= 11 is 0. The molecule has 0 aromatic carbocycles. The Morgan fingerprint density at radius 2 is 2.38 bits per heavy atom. The third kappa shape index (κ3) is 2.42. The summed E-state index contributed by atoms with van der Waals surface area (Å²) in [6, 6.07) is 6.13. The third-order valence-electron chi connectivity index (χ3n) is 2.41. The van der Waals surface area contributed by atoms with Gasteiger partial charge in [0.15, 0.2) is 0 Å². The van der Waals surface area contributed by atoms with Gasteiger partial charge in [0, 0.05) is 18.8 Å². The van der Waals surface area contributed by atoms with Crippen LogP contribution in [0.5, 0.6) is 0 Å². The largest absolute Gasteiger partial charge is 0.369 e. The summed E-state index contributed by atoms with van der Waals surface area (Å²) in [5.74, 6) is 1.66. The van der Waals surface area contributed by atoms with Gasteiger partial charge < -0.3 is 11.1 Å². The molecule has 2 rings (SSSR count). The molecular weight excluding hydrogens is 162 g/mol. The van der Waals surface area contributed by atoms with Crippen molar-refractivity contribution in [2.24, 2.45) is 11.7 Å². The maximum Gasteiger partial charge on any atom is 0.125 e. The number of nitrogens with two attached hydrogens (primary N) is 1. The Morgan fingerprint density at radius 1 is 1.54 bits per heavy atom. The van der Waals surface area contributed by atoms with Crippen molar-refractivity contribution in [3.63, 3.8) is 0 Å². The number of nitrogens with one attached hydrogen (secondary N) is 1. The van der Waals surface area contributed by atoms with Gasteiger partial charge in [-0.3, -0.25) is 0 Å². The monoisotopic (exact) mass is 177 g/mol. The van der Waals surface area contributed by atoms with Crippen molar-refractivity contribution >= 4 is 5.82 Å². The normalized spacial score (nSPS) is 18.2. The van der Waals surface area contributed by atoms with Gasteiger partial charge in [0.2, 0.25) is 0 Å². The fourth-order valence-electron chi connectivity index (χ4n) is 1.38. The lowest BCUT2D eigenvalue weighted by Gasteiger charge is -2.11. The molecule has 1 aromatic rings. The summed E-state index contributed by atoms with van der Waals surface area (Å²) in [6.45, 7) is 0.835. The van der Waals surface area contributed by atoms with Gasteiger partial charge in [-0.1, -0.05) is 6.07 Å². The minimum atomic E-state index is 0.294. The Balaban J connectivity index is 1.78. The fourth-order valence-corrected chi connectivity index (χ4v) is 1.38. The van der Waals surface area contributed by atoms with Crippen LogP contribution in [0.3, 0.4) is 0 Å². The van der Waals surface area contributed by atoms with Crippen LogP contribution >= 0.6 is 0 Å². The lowest BCUT2D eigenvalue weighted by atomic mass is 10.2. The molecule has 0 amide bonds. The first-order valence-electron chi connectivity index (χ1n) is 4.77. The van der Waals surface area contributed by atoms with Crippen LogP contribution in [-0.2, 0) is 0 Å². The predicted molar refractivity (Wildman–Crippen MR) is 53.4 cm³/mol. The number of hydrogen-bond acceptors (Lipinski definition) is 3. The summed E-state index contributed by atoms with van der Waals surface area (Å²) in [6.07, 6.45) is 4.38. The Bertz CT molecular complexity index is 256. The average Bonchev–Trinajstić information content (AvgIpc) is 2.99. The molecule has 0 radical (unpaired) electrons. The zero-order valence-corrected chi connectivity index (χ0v) is 7.61. The van der Waals surface area contributed by atoms with E-state index in [0.717, 1.165) is 18.3 Å². The van der Waals surface area contributed by atoms with Crippen LogP contribution < -0.4 is 11.1 Å². The van der Waals surface area contributed by atoms with Gasteiger partial charge in [-0.05, 0) is 30.9 Å². The molecule has 3 heteroatoms. The van der Waals surface area contributed by atoms with Gasteiger partial charge in [-0.25, -0.2) is 4.98 Å². The summed E-state index contributed by atoms with van der Waals surface area (Å²) < 4.78 is 0. The number of rotatable bonds is 4. The van der Waals surface area contributed by atoms with Crippen LogP contribution in [0, 0.1) is 5.92 Å². The van der Waals surface area contributed by atoms with Gasteiger partial charge in [-0.15, -0.1) is 0 Å². The SMILES string of the molecule is NC(CNc1ccccn1)C1CC1. The van der Waals surface area contributed by atoms with Crippen LogP contribution in [0.4, 0.5) is 5.82 Å². The smallest absolute Gasteiger partial charge is 0.125 e. The highest BCUT2D eigenvalue weighted by Crippen LogP contribution is 2.31. The summed E-state index contributed by atoms with van der Waals surface area (Å²) in [7, 11) is 0. The van der Waals surface area contributed by atoms with Gasteiger partial charge in [0.1, 0.15) is 5.82 Å². The molecule has 1 fully saturated rings. The Kier molecular flexibility index (Phi) is 2.45. The van der Waals surface area contributed by atoms with Gasteiger partial charge in [0.25, 0.3) is 0 Å². The zero-order chi connectivity index (χ0) is 9.10. The second-order valence-corrected chi connectivity index (χ2v) is 3.60. The van der Waals surface area contributed by atoms with Gasteiger partial charge >= 0.3 is 0 Å². The second kappa shape index (κ2) is 3.75. The molecule has 1 aliphatic rings. The van der Waals surface area contributed by atoms with Crippen LogP contribution in [0.15, 0.2) is 24.4 Å². The van der Waals surface area contributed by atoms with E-state index in [-0.39, 0.29) is 0 Å². The zero-order valence-electron chi connectivity index (χ0n) is 7.61. The first-order valence-corrected chi connectivity index (χ1v) is 4.77. The lowest BCUT2D eigenvalue weighted by molar-refractivity contribution is 0.620. The highest BCUT2D eigenvalue weighted by atomic mass is 15.0.